The molecule has 2 aromatic rings. The van der Waals surface area contributed by atoms with Gasteiger partial charge < -0.3 is 14.5 Å². The first kappa shape index (κ1) is 18.9. The molecule has 1 saturated carbocycles. The first-order valence-corrected chi connectivity index (χ1v) is 11.2. The van der Waals surface area contributed by atoms with Gasteiger partial charge in [-0.15, -0.1) is 10.2 Å². The summed E-state index contributed by atoms with van der Waals surface area (Å²) in [6, 6.07) is 13.1. The minimum atomic E-state index is 0.571. The Labute approximate surface area is 174 Å². The van der Waals surface area contributed by atoms with Crippen LogP contribution in [0.25, 0.3) is 11.3 Å². The molecule has 1 aromatic heterocycles. The summed E-state index contributed by atoms with van der Waals surface area (Å²) in [5, 5.41) is 9.06. The minimum Gasteiger partial charge on any atom is -0.496 e. The maximum Gasteiger partial charge on any atom is 0.151 e. The van der Waals surface area contributed by atoms with E-state index in [9.17, 15) is 0 Å². The van der Waals surface area contributed by atoms with E-state index in [-0.39, 0.29) is 0 Å². The first-order valence-electron chi connectivity index (χ1n) is 11.2. The largest absolute Gasteiger partial charge is 0.496 e. The normalized spacial score (nSPS) is 22.4. The predicted molar refractivity (Wildman–Crippen MR) is 116 cm³/mol. The van der Waals surface area contributed by atoms with E-state index in [0.29, 0.717) is 5.41 Å². The molecule has 3 aliphatic rings. The number of piperidine rings is 2. The fourth-order valence-corrected chi connectivity index (χ4v) is 5.32. The molecule has 0 atom stereocenters. The van der Waals surface area contributed by atoms with Gasteiger partial charge in [0.2, 0.25) is 0 Å². The highest BCUT2D eigenvalue weighted by atomic mass is 16.5. The fraction of sp³-hybridized carbons (Fsp3) is 0.583. The number of aromatic nitrogens is 2. The molecular weight excluding hydrogens is 360 g/mol. The minimum absolute atomic E-state index is 0.571. The van der Waals surface area contributed by atoms with Crippen molar-refractivity contribution in [2.24, 2.45) is 5.41 Å². The van der Waals surface area contributed by atoms with Crippen molar-refractivity contribution in [3.63, 3.8) is 0 Å². The quantitative estimate of drug-likeness (QED) is 0.772. The zero-order valence-electron chi connectivity index (χ0n) is 17.5. The molecule has 5 heteroatoms. The third kappa shape index (κ3) is 3.73. The van der Waals surface area contributed by atoms with E-state index in [4.69, 9.17) is 4.74 Å². The van der Waals surface area contributed by atoms with Crippen molar-refractivity contribution in [2.45, 2.75) is 51.0 Å². The van der Waals surface area contributed by atoms with Crippen molar-refractivity contribution in [2.75, 3.05) is 38.2 Å². The lowest BCUT2D eigenvalue weighted by Crippen LogP contribution is -2.51. The van der Waals surface area contributed by atoms with E-state index in [2.05, 4.69) is 32.1 Å². The molecule has 2 aliphatic heterocycles. The van der Waals surface area contributed by atoms with Crippen molar-refractivity contribution in [3.05, 3.63) is 36.4 Å². The van der Waals surface area contributed by atoms with Gasteiger partial charge in [0.25, 0.3) is 0 Å². The Morgan fingerprint density at radius 3 is 2.24 bits per heavy atom. The lowest BCUT2D eigenvalue weighted by molar-refractivity contribution is 0.0305. The summed E-state index contributed by atoms with van der Waals surface area (Å²) in [6.45, 7) is 4.84. The Bertz CT molecular complexity index is 815. The van der Waals surface area contributed by atoms with Gasteiger partial charge in [-0.25, -0.2) is 0 Å². The van der Waals surface area contributed by atoms with Crippen LogP contribution < -0.4 is 9.64 Å². The standard InChI is InChI=1S/C24H32N4O/c1-29-22-8-3-2-7-20(22)21-9-10-23(26-25-21)28-17-13-24(14-18-28)11-15-27(16-12-24)19-5-4-6-19/h2-3,7-10,19H,4-6,11-18H2,1H3. The summed E-state index contributed by atoms with van der Waals surface area (Å²) in [5.74, 6) is 1.84. The molecule has 0 bridgehead atoms. The van der Waals surface area contributed by atoms with Crippen LogP contribution in [0.3, 0.4) is 0 Å². The summed E-state index contributed by atoms with van der Waals surface area (Å²) in [7, 11) is 1.70. The maximum absolute atomic E-state index is 5.46. The third-order valence-electron chi connectivity index (χ3n) is 7.63. The average Bonchev–Trinajstić information content (AvgIpc) is 2.75. The van der Waals surface area contributed by atoms with Crippen LogP contribution >= 0.6 is 0 Å². The van der Waals surface area contributed by atoms with Crippen LogP contribution in [0.5, 0.6) is 5.75 Å². The second-order valence-electron chi connectivity index (χ2n) is 9.08. The van der Waals surface area contributed by atoms with Gasteiger partial charge in [0.15, 0.2) is 5.82 Å². The van der Waals surface area contributed by atoms with Gasteiger partial charge in [-0.1, -0.05) is 18.6 Å². The van der Waals surface area contributed by atoms with Gasteiger partial charge in [0.1, 0.15) is 5.75 Å². The molecule has 154 valence electrons. The van der Waals surface area contributed by atoms with Crippen molar-refractivity contribution < 1.29 is 4.74 Å². The number of ether oxygens (including phenoxy) is 1. The number of anilines is 1. The highest BCUT2D eigenvalue weighted by Crippen LogP contribution is 2.43. The van der Waals surface area contributed by atoms with Crippen LogP contribution in [-0.4, -0.2) is 54.4 Å². The number of hydrogen-bond acceptors (Lipinski definition) is 5. The second-order valence-corrected chi connectivity index (χ2v) is 9.08. The van der Waals surface area contributed by atoms with Crippen LogP contribution in [0.2, 0.25) is 0 Å². The number of hydrogen-bond donors (Lipinski definition) is 0. The highest BCUT2D eigenvalue weighted by molar-refractivity contribution is 5.67. The molecule has 5 nitrogen and oxygen atoms in total. The van der Waals surface area contributed by atoms with Crippen molar-refractivity contribution >= 4 is 5.82 Å². The smallest absolute Gasteiger partial charge is 0.151 e. The van der Waals surface area contributed by atoms with Crippen LogP contribution in [-0.2, 0) is 0 Å². The summed E-state index contributed by atoms with van der Waals surface area (Å²) < 4.78 is 5.46. The second kappa shape index (κ2) is 7.94. The van der Waals surface area contributed by atoms with E-state index >= 15 is 0 Å². The summed E-state index contributed by atoms with van der Waals surface area (Å²) in [4.78, 5) is 5.19. The zero-order valence-corrected chi connectivity index (χ0v) is 17.5. The molecule has 1 aliphatic carbocycles. The lowest BCUT2D eigenvalue weighted by atomic mass is 9.70. The Morgan fingerprint density at radius 2 is 1.62 bits per heavy atom. The first-order chi connectivity index (χ1) is 14.3. The zero-order chi connectivity index (χ0) is 19.7. The Balaban J connectivity index is 1.20. The molecule has 0 unspecified atom stereocenters. The van der Waals surface area contributed by atoms with E-state index in [1.165, 1.54) is 58.0 Å². The van der Waals surface area contributed by atoms with Gasteiger partial charge in [0, 0.05) is 24.7 Å². The number of likely N-dealkylation sites (tertiary alicyclic amines) is 1. The number of methoxy groups -OCH3 is 1. The van der Waals surface area contributed by atoms with Gasteiger partial charge in [0.05, 0.1) is 12.8 Å². The summed E-state index contributed by atoms with van der Waals surface area (Å²) in [5.41, 5.74) is 2.43. The number of para-hydroxylation sites is 1. The monoisotopic (exact) mass is 392 g/mol. The molecular formula is C24H32N4O. The van der Waals surface area contributed by atoms with Crippen LogP contribution in [0.4, 0.5) is 5.82 Å². The Morgan fingerprint density at radius 1 is 0.897 bits per heavy atom. The summed E-state index contributed by atoms with van der Waals surface area (Å²) in [6.07, 6.45) is 9.67. The SMILES string of the molecule is COc1ccccc1-c1ccc(N2CCC3(CC2)CCN(C2CCC2)CC3)nn1. The Kier molecular flexibility index (Phi) is 5.17. The number of benzene rings is 1. The van der Waals surface area contributed by atoms with Gasteiger partial charge in [-0.2, -0.15) is 0 Å². The molecule has 1 aromatic carbocycles. The highest BCUT2D eigenvalue weighted by Gasteiger charge is 2.39. The van der Waals surface area contributed by atoms with E-state index in [1.54, 1.807) is 7.11 Å². The molecule has 0 amide bonds. The molecule has 29 heavy (non-hydrogen) atoms. The Hall–Kier alpha value is -2.14. The molecule has 0 radical (unpaired) electrons. The van der Waals surface area contributed by atoms with E-state index in [1.807, 2.05) is 24.3 Å². The molecule has 0 N–H and O–H groups in total. The number of rotatable bonds is 4. The average molecular weight is 393 g/mol. The van der Waals surface area contributed by atoms with Crippen molar-refractivity contribution in [1.29, 1.82) is 0 Å². The topological polar surface area (TPSA) is 41.5 Å². The maximum atomic E-state index is 5.46. The van der Waals surface area contributed by atoms with Crippen molar-refractivity contribution in [1.82, 2.24) is 15.1 Å². The van der Waals surface area contributed by atoms with Gasteiger partial charge in [-0.05, 0) is 81.3 Å². The fourth-order valence-electron chi connectivity index (χ4n) is 5.32. The number of nitrogens with zero attached hydrogens (tertiary/aromatic N) is 4. The lowest BCUT2D eigenvalue weighted by Gasteiger charge is -2.50. The molecule has 5 rings (SSSR count). The molecule has 3 heterocycles. The molecule has 2 saturated heterocycles. The van der Waals surface area contributed by atoms with Crippen LogP contribution in [0, 0.1) is 5.41 Å². The summed E-state index contributed by atoms with van der Waals surface area (Å²) >= 11 is 0. The van der Waals surface area contributed by atoms with E-state index < -0.39 is 0 Å². The third-order valence-corrected chi connectivity index (χ3v) is 7.63. The van der Waals surface area contributed by atoms with Gasteiger partial charge in [-0.3, -0.25) is 0 Å². The van der Waals surface area contributed by atoms with Crippen molar-refractivity contribution in [3.8, 4) is 17.0 Å². The van der Waals surface area contributed by atoms with Gasteiger partial charge >= 0.3 is 0 Å². The van der Waals surface area contributed by atoms with Crippen LogP contribution in [0.1, 0.15) is 44.9 Å². The van der Waals surface area contributed by atoms with Crippen LogP contribution in [0.15, 0.2) is 36.4 Å². The molecule has 3 fully saturated rings. The van der Waals surface area contributed by atoms with E-state index in [0.717, 1.165) is 42.0 Å². The molecule has 1 spiro atoms. The predicted octanol–water partition coefficient (Wildman–Crippen LogP) is 4.39.